The normalized spacial score (nSPS) is 13.2. The predicted octanol–water partition coefficient (Wildman–Crippen LogP) is 2.94. The Balaban J connectivity index is 2.04. The van der Waals surface area contributed by atoms with Crippen LogP contribution in [-0.2, 0) is 6.54 Å². The van der Waals surface area contributed by atoms with Crippen LogP contribution in [0.15, 0.2) is 34.3 Å². The first-order valence-corrected chi connectivity index (χ1v) is 7.08. The lowest BCUT2D eigenvalue weighted by Gasteiger charge is -2.25. The second kappa shape index (κ2) is 5.59. The second-order valence-corrected chi connectivity index (χ2v) is 5.61. The molecule has 0 saturated carbocycles. The average molecular weight is 252 g/mol. The number of thiophene rings is 2. The highest BCUT2D eigenvalue weighted by molar-refractivity contribution is 7.09. The van der Waals surface area contributed by atoms with Crippen molar-refractivity contribution in [2.24, 2.45) is 5.73 Å². The van der Waals surface area contributed by atoms with E-state index in [1.54, 1.807) is 22.7 Å². The van der Waals surface area contributed by atoms with Crippen molar-refractivity contribution in [3.8, 4) is 0 Å². The maximum absolute atomic E-state index is 5.86. The minimum Gasteiger partial charge on any atom is -0.329 e. The summed E-state index contributed by atoms with van der Waals surface area (Å²) in [4.78, 5) is 3.70. The molecule has 0 fully saturated rings. The molecular weight excluding hydrogens is 236 g/mol. The summed E-state index contributed by atoms with van der Waals surface area (Å²) in [7, 11) is 2.13. The van der Waals surface area contributed by atoms with Crippen LogP contribution in [0, 0.1) is 0 Å². The molecule has 2 rings (SSSR count). The number of likely N-dealkylation sites (N-methyl/N-ethyl adjacent to an activating group) is 1. The van der Waals surface area contributed by atoms with Crippen molar-refractivity contribution in [2.75, 3.05) is 13.6 Å². The molecule has 0 aliphatic rings. The van der Waals surface area contributed by atoms with Crippen molar-refractivity contribution in [1.82, 2.24) is 4.90 Å². The molecule has 0 spiro atoms. The molecule has 2 aromatic rings. The summed E-state index contributed by atoms with van der Waals surface area (Å²) >= 11 is 3.53. The Hall–Kier alpha value is -0.680. The van der Waals surface area contributed by atoms with Gasteiger partial charge in [0.1, 0.15) is 0 Å². The minimum absolute atomic E-state index is 0.327. The summed E-state index contributed by atoms with van der Waals surface area (Å²) in [5, 5.41) is 6.41. The molecule has 0 saturated heterocycles. The molecule has 2 aromatic heterocycles. The molecule has 0 aliphatic heterocycles. The average Bonchev–Trinajstić information content (AvgIpc) is 2.91. The first-order chi connectivity index (χ1) is 7.81. The van der Waals surface area contributed by atoms with E-state index in [2.05, 4.69) is 46.3 Å². The van der Waals surface area contributed by atoms with Gasteiger partial charge < -0.3 is 5.73 Å². The molecule has 16 heavy (non-hydrogen) atoms. The number of hydrogen-bond acceptors (Lipinski definition) is 4. The van der Waals surface area contributed by atoms with Crippen LogP contribution in [0.5, 0.6) is 0 Å². The summed E-state index contributed by atoms with van der Waals surface area (Å²) in [6.07, 6.45) is 0. The lowest BCUT2D eigenvalue weighted by atomic mass is 10.1. The predicted molar refractivity (Wildman–Crippen MR) is 71.9 cm³/mol. The Morgan fingerprint density at radius 1 is 1.38 bits per heavy atom. The zero-order valence-corrected chi connectivity index (χ0v) is 10.9. The van der Waals surface area contributed by atoms with E-state index in [0.717, 1.165) is 6.54 Å². The van der Waals surface area contributed by atoms with Crippen molar-refractivity contribution in [1.29, 1.82) is 0 Å². The highest BCUT2D eigenvalue weighted by atomic mass is 32.1. The molecular formula is C12H16N2S2. The molecule has 0 bridgehead atoms. The fraction of sp³-hybridized carbons (Fsp3) is 0.333. The van der Waals surface area contributed by atoms with Crippen LogP contribution < -0.4 is 5.73 Å². The van der Waals surface area contributed by atoms with Crippen LogP contribution in [0.3, 0.4) is 0 Å². The van der Waals surface area contributed by atoms with Gasteiger partial charge >= 0.3 is 0 Å². The van der Waals surface area contributed by atoms with E-state index < -0.39 is 0 Å². The third-order valence-electron chi connectivity index (χ3n) is 2.67. The van der Waals surface area contributed by atoms with Gasteiger partial charge in [-0.1, -0.05) is 6.07 Å². The van der Waals surface area contributed by atoms with Crippen molar-refractivity contribution in [2.45, 2.75) is 12.6 Å². The van der Waals surface area contributed by atoms with Gasteiger partial charge in [0.15, 0.2) is 0 Å². The molecule has 0 aliphatic carbocycles. The quantitative estimate of drug-likeness (QED) is 0.886. The van der Waals surface area contributed by atoms with Crippen molar-refractivity contribution >= 4 is 22.7 Å². The Bertz CT molecular complexity index is 395. The molecule has 2 nitrogen and oxygen atoms in total. The first kappa shape index (κ1) is 11.8. The van der Waals surface area contributed by atoms with Gasteiger partial charge in [-0.2, -0.15) is 11.3 Å². The van der Waals surface area contributed by atoms with Crippen LogP contribution in [-0.4, -0.2) is 18.5 Å². The molecule has 0 aromatic carbocycles. The van der Waals surface area contributed by atoms with Crippen LogP contribution in [0.2, 0.25) is 0 Å². The van der Waals surface area contributed by atoms with Gasteiger partial charge in [0.2, 0.25) is 0 Å². The number of hydrogen-bond donors (Lipinski definition) is 1. The van der Waals surface area contributed by atoms with Gasteiger partial charge in [0.25, 0.3) is 0 Å². The van der Waals surface area contributed by atoms with E-state index in [4.69, 9.17) is 5.73 Å². The standard InChI is InChI=1S/C12H16N2S2/c1-14(8-11-3-2-5-16-11)12(7-13)10-4-6-15-9-10/h2-6,9,12H,7-8,13H2,1H3. The van der Waals surface area contributed by atoms with E-state index in [1.807, 2.05) is 0 Å². The molecule has 86 valence electrons. The molecule has 2 heterocycles. The Morgan fingerprint density at radius 2 is 2.25 bits per heavy atom. The maximum atomic E-state index is 5.86. The van der Waals surface area contributed by atoms with Gasteiger partial charge in [0.05, 0.1) is 0 Å². The Morgan fingerprint density at radius 3 is 2.81 bits per heavy atom. The molecule has 1 atom stereocenters. The second-order valence-electron chi connectivity index (χ2n) is 3.80. The largest absolute Gasteiger partial charge is 0.329 e. The molecule has 1 unspecified atom stereocenters. The van der Waals surface area contributed by atoms with E-state index in [9.17, 15) is 0 Å². The minimum atomic E-state index is 0.327. The van der Waals surface area contributed by atoms with Gasteiger partial charge in [-0.25, -0.2) is 0 Å². The molecule has 4 heteroatoms. The first-order valence-electron chi connectivity index (χ1n) is 5.26. The van der Waals surface area contributed by atoms with Crippen molar-refractivity contribution in [3.63, 3.8) is 0 Å². The molecule has 2 N–H and O–H groups in total. The summed E-state index contributed by atoms with van der Waals surface area (Å²) in [6.45, 7) is 1.63. The maximum Gasteiger partial charge on any atom is 0.0479 e. The lowest BCUT2D eigenvalue weighted by Crippen LogP contribution is -2.29. The van der Waals surface area contributed by atoms with Crippen molar-refractivity contribution in [3.05, 3.63) is 44.8 Å². The monoisotopic (exact) mass is 252 g/mol. The third kappa shape index (κ3) is 2.71. The topological polar surface area (TPSA) is 29.3 Å². The van der Waals surface area contributed by atoms with Gasteiger partial charge in [-0.3, -0.25) is 4.90 Å². The number of nitrogens with zero attached hydrogens (tertiary/aromatic N) is 1. The Kier molecular flexibility index (Phi) is 4.12. The number of nitrogens with two attached hydrogens (primary N) is 1. The number of rotatable bonds is 5. The smallest absolute Gasteiger partial charge is 0.0479 e. The summed E-state index contributed by atoms with van der Waals surface area (Å²) < 4.78 is 0. The van der Waals surface area contributed by atoms with E-state index >= 15 is 0 Å². The summed E-state index contributed by atoms with van der Waals surface area (Å²) in [5.74, 6) is 0. The summed E-state index contributed by atoms with van der Waals surface area (Å²) in [5.41, 5.74) is 7.19. The Labute approximate surface area is 104 Å². The van der Waals surface area contributed by atoms with Gasteiger partial charge in [-0.15, -0.1) is 11.3 Å². The highest BCUT2D eigenvalue weighted by Crippen LogP contribution is 2.23. The van der Waals surface area contributed by atoms with Gasteiger partial charge in [0, 0.05) is 24.0 Å². The zero-order chi connectivity index (χ0) is 11.4. The van der Waals surface area contributed by atoms with Crippen molar-refractivity contribution < 1.29 is 0 Å². The van der Waals surface area contributed by atoms with E-state index in [0.29, 0.717) is 12.6 Å². The SMILES string of the molecule is CN(Cc1cccs1)C(CN)c1ccsc1. The molecule has 0 radical (unpaired) electrons. The van der Waals surface area contributed by atoms with Crippen LogP contribution >= 0.6 is 22.7 Å². The van der Waals surface area contributed by atoms with E-state index in [-0.39, 0.29) is 0 Å². The fourth-order valence-corrected chi connectivity index (χ4v) is 3.27. The molecule has 0 amide bonds. The van der Waals surface area contributed by atoms with Gasteiger partial charge in [-0.05, 0) is 40.9 Å². The van der Waals surface area contributed by atoms with Crippen LogP contribution in [0.4, 0.5) is 0 Å². The summed E-state index contributed by atoms with van der Waals surface area (Å²) in [6, 6.07) is 6.75. The third-order valence-corrected chi connectivity index (χ3v) is 4.23. The van der Waals surface area contributed by atoms with E-state index in [1.165, 1.54) is 10.4 Å². The highest BCUT2D eigenvalue weighted by Gasteiger charge is 2.16. The lowest BCUT2D eigenvalue weighted by molar-refractivity contribution is 0.244. The van der Waals surface area contributed by atoms with Crippen LogP contribution in [0.25, 0.3) is 0 Å². The fourth-order valence-electron chi connectivity index (χ4n) is 1.79. The zero-order valence-electron chi connectivity index (χ0n) is 9.30. The van der Waals surface area contributed by atoms with Crippen LogP contribution in [0.1, 0.15) is 16.5 Å².